The minimum absolute atomic E-state index is 0.184. The van der Waals surface area contributed by atoms with Crippen LogP contribution in [-0.2, 0) is 22.4 Å². The Hall–Kier alpha value is -2.48. The second-order valence-corrected chi connectivity index (χ2v) is 6.36. The predicted molar refractivity (Wildman–Crippen MR) is 87.7 cm³/mol. The van der Waals surface area contributed by atoms with Crippen LogP contribution in [-0.4, -0.2) is 38.3 Å². The van der Waals surface area contributed by atoms with E-state index < -0.39 is 12.0 Å². The zero-order valence-corrected chi connectivity index (χ0v) is 13.9. The van der Waals surface area contributed by atoms with Gasteiger partial charge in [0.25, 0.3) is 5.56 Å². The molecule has 3 rings (SSSR count). The smallest absolute Gasteiger partial charge is 0.416 e. The number of aromatic nitrogens is 2. The standard InChI is InChI=1S/C16H17N3O4S/c1-10(7-13-14(20)18-24-17-13)15(21)19-12(9-23-16(19)22)8-11-5-3-2-4-6-11/h2-6,10,12H,7-9H2,1H3,(H,18,20)/t10-,12+/m1/s1. The van der Waals surface area contributed by atoms with E-state index in [4.69, 9.17) is 4.74 Å². The van der Waals surface area contributed by atoms with Crippen LogP contribution in [0, 0.1) is 5.92 Å². The maximum atomic E-state index is 12.7. The topological polar surface area (TPSA) is 92.4 Å². The summed E-state index contributed by atoms with van der Waals surface area (Å²) in [6, 6.07) is 9.31. The minimum Gasteiger partial charge on any atom is -0.447 e. The molecule has 0 bridgehead atoms. The van der Waals surface area contributed by atoms with E-state index in [1.807, 2.05) is 30.3 Å². The molecule has 0 aliphatic carbocycles. The zero-order valence-electron chi connectivity index (χ0n) is 13.1. The van der Waals surface area contributed by atoms with Crippen molar-refractivity contribution in [3.63, 3.8) is 0 Å². The van der Waals surface area contributed by atoms with Gasteiger partial charge in [0.2, 0.25) is 5.91 Å². The van der Waals surface area contributed by atoms with Crippen molar-refractivity contribution in [3.8, 4) is 0 Å². The summed E-state index contributed by atoms with van der Waals surface area (Å²) in [6.45, 7) is 1.87. The average Bonchev–Trinajstić information content (AvgIpc) is 3.14. The summed E-state index contributed by atoms with van der Waals surface area (Å²) in [5, 5.41) is 0. The normalized spacial score (nSPS) is 18.5. The number of aromatic amines is 1. The molecule has 2 heterocycles. The van der Waals surface area contributed by atoms with Crippen molar-refractivity contribution < 1.29 is 14.3 Å². The Balaban J connectivity index is 1.72. The van der Waals surface area contributed by atoms with Crippen molar-refractivity contribution in [2.75, 3.05) is 6.61 Å². The van der Waals surface area contributed by atoms with Crippen LogP contribution in [0.1, 0.15) is 18.2 Å². The lowest BCUT2D eigenvalue weighted by Crippen LogP contribution is -2.43. The molecule has 1 saturated heterocycles. The van der Waals surface area contributed by atoms with Crippen LogP contribution in [0.4, 0.5) is 4.79 Å². The lowest BCUT2D eigenvalue weighted by Gasteiger charge is -2.22. The second kappa shape index (κ2) is 6.96. The number of amides is 2. The fourth-order valence-corrected chi connectivity index (χ4v) is 3.25. The monoisotopic (exact) mass is 347 g/mol. The van der Waals surface area contributed by atoms with Gasteiger partial charge in [-0.3, -0.25) is 14.0 Å². The largest absolute Gasteiger partial charge is 0.447 e. The van der Waals surface area contributed by atoms with E-state index in [1.165, 1.54) is 4.90 Å². The molecule has 1 aromatic heterocycles. The summed E-state index contributed by atoms with van der Waals surface area (Å²) >= 11 is 0.951. The third-order valence-corrected chi connectivity index (χ3v) is 4.58. The minimum atomic E-state index is -0.625. The molecule has 24 heavy (non-hydrogen) atoms. The summed E-state index contributed by atoms with van der Waals surface area (Å²) in [6.07, 6.45) is 0.113. The van der Waals surface area contributed by atoms with E-state index in [1.54, 1.807) is 6.92 Å². The Kier molecular flexibility index (Phi) is 4.75. The number of rotatable bonds is 5. The highest BCUT2D eigenvalue weighted by Crippen LogP contribution is 2.21. The van der Waals surface area contributed by atoms with Gasteiger partial charge in [-0.2, -0.15) is 4.37 Å². The number of ether oxygens (including phenoxy) is 1. The molecule has 0 spiro atoms. The third-order valence-electron chi connectivity index (χ3n) is 3.99. The number of nitrogens with zero attached hydrogens (tertiary/aromatic N) is 2. The molecule has 1 N–H and O–H groups in total. The molecular weight excluding hydrogens is 330 g/mol. The molecule has 2 aromatic rings. The van der Waals surface area contributed by atoms with Gasteiger partial charge in [-0.25, -0.2) is 9.69 Å². The van der Waals surface area contributed by atoms with E-state index in [2.05, 4.69) is 8.75 Å². The lowest BCUT2D eigenvalue weighted by atomic mass is 10.0. The Labute approximate surface area is 142 Å². The number of nitrogens with one attached hydrogen (secondary N) is 1. The first-order valence-corrected chi connectivity index (χ1v) is 8.40. The van der Waals surface area contributed by atoms with Crippen molar-refractivity contribution >= 4 is 23.7 Å². The van der Waals surface area contributed by atoms with E-state index in [9.17, 15) is 14.4 Å². The second-order valence-electron chi connectivity index (χ2n) is 5.79. The Morgan fingerprint density at radius 3 is 2.83 bits per heavy atom. The van der Waals surface area contributed by atoms with Gasteiger partial charge in [0.05, 0.1) is 6.04 Å². The quantitative estimate of drug-likeness (QED) is 0.887. The highest BCUT2D eigenvalue weighted by Gasteiger charge is 2.39. The molecule has 1 aromatic carbocycles. The number of cyclic esters (lactones) is 1. The molecular formula is C16H17N3O4S. The number of carbonyl (C=O) groups is 2. The summed E-state index contributed by atoms with van der Waals surface area (Å²) in [5.41, 5.74) is 1.06. The van der Waals surface area contributed by atoms with Crippen molar-refractivity contribution in [3.05, 3.63) is 51.9 Å². The first-order valence-electron chi connectivity index (χ1n) is 7.63. The Bertz CT molecular complexity index is 786. The summed E-state index contributed by atoms with van der Waals surface area (Å²) < 4.78 is 11.5. The zero-order chi connectivity index (χ0) is 17.1. The first-order chi connectivity index (χ1) is 11.6. The van der Waals surface area contributed by atoms with Crippen LogP contribution >= 0.6 is 11.7 Å². The van der Waals surface area contributed by atoms with Gasteiger partial charge in [0, 0.05) is 24.1 Å². The average molecular weight is 347 g/mol. The van der Waals surface area contributed by atoms with E-state index in [0.29, 0.717) is 12.1 Å². The molecule has 1 fully saturated rings. The highest BCUT2D eigenvalue weighted by molar-refractivity contribution is 6.99. The summed E-state index contributed by atoms with van der Waals surface area (Å²) in [5.74, 6) is -0.872. The molecule has 0 unspecified atom stereocenters. The molecule has 7 nitrogen and oxygen atoms in total. The molecule has 2 amide bonds. The van der Waals surface area contributed by atoms with Gasteiger partial charge < -0.3 is 4.74 Å². The number of hydrogen-bond acceptors (Lipinski definition) is 6. The molecule has 126 valence electrons. The SMILES string of the molecule is C[C@H](Cc1ns[nH]c1=O)C(=O)N1C(=O)OC[C@@H]1Cc1ccccc1. The van der Waals surface area contributed by atoms with Crippen LogP contribution < -0.4 is 5.56 Å². The molecule has 0 radical (unpaired) electrons. The van der Waals surface area contributed by atoms with Crippen LogP contribution in [0.5, 0.6) is 0 Å². The third kappa shape index (κ3) is 3.38. The van der Waals surface area contributed by atoms with E-state index in [0.717, 1.165) is 17.3 Å². The predicted octanol–water partition coefficient (Wildman–Crippen LogP) is 1.60. The summed E-state index contributed by atoms with van der Waals surface area (Å²) in [7, 11) is 0. The number of carbonyl (C=O) groups excluding carboxylic acids is 2. The number of imide groups is 1. The van der Waals surface area contributed by atoms with E-state index in [-0.39, 0.29) is 30.5 Å². The maximum absolute atomic E-state index is 12.7. The van der Waals surface area contributed by atoms with Crippen LogP contribution in [0.25, 0.3) is 0 Å². The highest BCUT2D eigenvalue weighted by atomic mass is 32.1. The van der Waals surface area contributed by atoms with Crippen LogP contribution in [0.2, 0.25) is 0 Å². The maximum Gasteiger partial charge on any atom is 0.416 e. The van der Waals surface area contributed by atoms with Gasteiger partial charge in [-0.05, 0) is 12.0 Å². The molecule has 0 saturated carbocycles. The Morgan fingerprint density at radius 2 is 2.17 bits per heavy atom. The van der Waals surface area contributed by atoms with Crippen molar-refractivity contribution in [2.45, 2.75) is 25.8 Å². The molecule has 1 aliphatic rings. The van der Waals surface area contributed by atoms with Gasteiger partial charge in [0.15, 0.2) is 0 Å². The van der Waals surface area contributed by atoms with Crippen molar-refractivity contribution in [1.29, 1.82) is 0 Å². The van der Waals surface area contributed by atoms with Gasteiger partial charge in [-0.15, -0.1) is 0 Å². The summed E-state index contributed by atoms with van der Waals surface area (Å²) in [4.78, 5) is 37.4. The Morgan fingerprint density at radius 1 is 1.42 bits per heavy atom. The fraction of sp³-hybridized carbons (Fsp3) is 0.375. The van der Waals surface area contributed by atoms with Gasteiger partial charge >= 0.3 is 6.09 Å². The molecule has 2 atom stereocenters. The van der Waals surface area contributed by atoms with Gasteiger partial charge in [0.1, 0.15) is 12.3 Å². The van der Waals surface area contributed by atoms with Crippen molar-refractivity contribution in [1.82, 2.24) is 13.6 Å². The molecule has 1 aliphatic heterocycles. The fourth-order valence-electron chi connectivity index (χ4n) is 2.73. The molecule has 8 heteroatoms. The first kappa shape index (κ1) is 16.4. The van der Waals surface area contributed by atoms with Crippen LogP contribution in [0.15, 0.2) is 35.1 Å². The van der Waals surface area contributed by atoms with Gasteiger partial charge in [-0.1, -0.05) is 37.3 Å². The lowest BCUT2D eigenvalue weighted by molar-refractivity contribution is -0.132. The van der Waals surface area contributed by atoms with Crippen molar-refractivity contribution in [2.24, 2.45) is 5.92 Å². The van der Waals surface area contributed by atoms with Crippen LogP contribution in [0.3, 0.4) is 0 Å². The number of hydrogen-bond donors (Lipinski definition) is 1. The number of H-pyrrole nitrogens is 1. The van der Waals surface area contributed by atoms with E-state index >= 15 is 0 Å². The number of benzene rings is 1.